The summed E-state index contributed by atoms with van der Waals surface area (Å²) in [5.41, 5.74) is 0. The molecule has 0 radical (unpaired) electrons. The Balaban J connectivity index is 1.72. The normalized spacial score (nSPS) is 26.1. The van der Waals surface area contributed by atoms with Gasteiger partial charge in [0.05, 0.1) is 26.4 Å². The zero-order chi connectivity index (χ0) is 48.7. The van der Waals surface area contributed by atoms with Gasteiger partial charge in [-0.15, -0.1) is 0 Å². The third-order valence-corrected chi connectivity index (χ3v) is 13.3. The highest BCUT2D eigenvalue weighted by molar-refractivity contribution is 5.69. The van der Waals surface area contributed by atoms with Gasteiger partial charge in [0.2, 0.25) is 0 Å². The van der Waals surface area contributed by atoms with Gasteiger partial charge in [0.15, 0.2) is 12.6 Å². The van der Waals surface area contributed by atoms with Crippen LogP contribution in [0.15, 0.2) is 12.2 Å². The van der Waals surface area contributed by atoms with Crippen molar-refractivity contribution in [3.8, 4) is 0 Å². The van der Waals surface area contributed by atoms with Gasteiger partial charge in [0.1, 0.15) is 54.9 Å². The molecule has 2 fully saturated rings. The van der Waals surface area contributed by atoms with Crippen LogP contribution in [0.5, 0.6) is 0 Å². The summed E-state index contributed by atoms with van der Waals surface area (Å²) in [6.07, 6.45) is 27.0. The molecular weight excluding hydrogens is 861 g/mol. The topological polar surface area (TPSA) is 214 Å². The van der Waals surface area contributed by atoms with Gasteiger partial charge in [-0.3, -0.25) is 4.79 Å². The van der Waals surface area contributed by atoms with E-state index >= 15 is 0 Å². The standard InChI is InChI=1S/C53H100O14/c1-3-5-7-9-11-13-15-17-18-19-20-21-22-23-24-26-28-30-32-34-36-45(55)65-42(39-62-37-35-33-31-29-27-25-16-14-12-10-8-6-4-2)40-63-52-51(61)49(59)47(57)44(67-52)41-64-53-50(60)48(58)46(56)43(38-54)66-53/h12,14,42-44,46-54,56-61H,3-11,13,15-41H2,1-2H3/b14-12-. The molecule has 396 valence electrons. The summed E-state index contributed by atoms with van der Waals surface area (Å²) in [5, 5.41) is 72.2. The van der Waals surface area contributed by atoms with Gasteiger partial charge in [-0.1, -0.05) is 187 Å². The minimum absolute atomic E-state index is 0.0627. The molecule has 2 heterocycles. The summed E-state index contributed by atoms with van der Waals surface area (Å²) in [7, 11) is 0. The zero-order valence-corrected chi connectivity index (χ0v) is 42.2. The van der Waals surface area contributed by atoms with E-state index in [0.717, 1.165) is 44.9 Å². The Hall–Kier alpha value is -1.27. The first-order valence-electron chi connectivity index (χ1n) is 27.3. The Morgan fingerprint density at radius 1 is 0.478 bits per heavy atom. The van der Waals surface area contributed by atoms with Crippen molar-refractivity contribution < 1.29 is 69.0 Å². The van der Waals surface area contributed by atoms with Crippen LogP contribution in [-0.4, -0.2) is 142 Å². The highest BCUT2D eigenvalue weighted by atomic mass is 16.7. The Morgan fingerprint density at radius 3 is 1.39 bits per heavy atom. The molecule has 2 rings (SSSR count). The number of carbonyl (C=O) groups is 1. The maximum Gasteiger partial charge on any atom is 0.306 e. The lowest BCUT2D eigenvalue weighted by atomic mass is 9.98. The average molecular weight is 961 g/mol. The third-order valence-electron chi connectivity index (χ3n) is 13.3. The number of unbranched alkanes of at least 4 members (excludes halogenated alkanes) is 28. The van der Waals surface area contributed by atoms with E-state index in [2.05, 4.69) is 26.0 Å². The fourth-order valence-electron chi connectivity index (χ4n) is 8.81. The Labute approximate surface area is 405 Å². The van der Waals surface area contributed by atoms with Crippen LogP contribution >= 0.6 is 0 Å². The third kappa shape index (κ3) is 29.0. The quantitative estimate of drug-likeness (QED) is 0.0173. The van der Waals surface area contributed by atoms with Crippen molar-refractivity contribution in [3.05, 3.63) is 12.2 Å². The highest BCUT2D eigenvalue weighted by Gasteiger charge is 2.47. The molecule has 7 N–H and O–H groups in total. The predicted molar refractivity (Wildman–Crippen MR) is 261 cm³/mol. The summed E-state index contributed by atoms with van der Waals surface area (Å²) in [4.78, 5) is 13.0. The summed E-state index contributed by atoms with van der Waals surface area (Å²) < 4.78 is 34.3. The number of rotatable bonds is 44. The van der Waals surface area contributed by atoms with Crippen LogP contribution in [-0.2, 0) is 33.2 Å². The van der Waals surface area contributed by atoms with Crippen molar-refractivity contribution in [3.63, 3.8) is 0 Å². The molecule has 14 heteroatoms. The summed E-state index contributed by atoms with van der Waals surface area (Å²) in [5.74, 6) is -0.373. The van der Waals surface area contributed by atoms with Crippen molar-refractivity contribution in [1.82, 2.24) is 0 Å². The molecule has 0 aromatic heterocycles. The minimum Gasteiger partial charge on any atom is -0.457 e. The van der Waals surface area contributed by atoms with Gasteiger partial charge in [0.25, 0.3) is 0 Å². The first kappa shape index (κ1) is 61.8. The summed E-state index contributed by atoms with van der Waals surface area (Å²) >= 11 is 0. The van der Waals surface area contributed by atoms with Crippen molar-refractivity contribution >= 4 is 5.97 Å². The molecule has 0 aromatic rings. The molecule has 0 saturated carbocycles. The number of esters is 1. The van der Waals surface area contributed by atoms with Crippen molar-refractivity contribution in [2.45, 2.75) is 287 Å². The lowest BCUT2D eigenvalue weighted by Gasteiger charge is -2.42. The maximum absolute atomic E-state index is 13.0. The SMILES string of the molecule is CCCCC/C=C\CCCCCCCCOCC(COC1OC(COC2OC(CO)C(O)C(O)C2O)C(O)C(O)C1O)OC(=O)CCCCCCCCCCCCCCCCCCCCCC. The van der Waals surface area contributed by atoms with Gasteiger partial charge in [-0.25, -0.2) is 0 Å². The molecule has 0 spiro atoms. The lowest BCUT2D eigenvalue weighted by molar-refractivity contribution is -0.332. The molecule has 2 aliphatic heterocycles. The van der Waals surface area contributed by atoms with Gasteiger partial charge in [-0.05, 0) is 38.5 Å². The first-order valence-corrected chi connectivity index (χ1v) is 27.3. The number of hydrogen-bond acceptors (Lipinski definition) is 14. The maximum atomic E-state index is 13.0. The van der Waals surface area contributed by atoms with Crippen LogP contribution in [0, 0.1) is 0 Å². The smallest absolute Gasteiger partial charge is 0.306 e. The Bertz CT molecular complexity index is 1160. The van der Waals surface area contributed by atoms with E-state index < -0.39 is 80.7 Å². The van der Waals surface area contributed by atoms with Crippen LogP contribution in [0.2, 0.25) is 0 Å². The van der Waals surface area contributed by atoms with E-state index in [0.29, 0.717) is 13.0 Å². The summed E-state index contributed by atoms with van der Waals surface area (Å²) in [6, 6.07) is 0. The second-order valence-corrected chi connectivity index (χ2v) is 19.4. The number of allylic oxidation sites excluding steroid dienone is 2. The predicted octanol–water partition coefficient (Wildman–Crippen LogP) is 8.63. The van der Waals surface area contributed by atoms with Gasteiger partial charge in [-0.2, -0.15) is 0 Å². The number of hydrogen-bond donors (Lipinski definition) is 7. The number of carbonyl (C=O) groups excluding carboxylic acids is 1. The van der Waals surface area contributed by atoms with Crippen LogP contribution in [0.4, 0.5) is 0 Å². The summed E-state index contributed by atoms with van der Waals surface area (Å²) in [6.45, 7) is 3.69. The van der Waals surface area contributed by atoms with E-state index in [1.165, 1.54) is 148 Å². The largest absolute Gasteiger partial charge is 0.457 e. The van der Waals surface area contributed by atoms with Gasteiger partial charge in [0, 0.05) is 13.0 Å². The molecule has 0 bridgehead atoms. The Morgan fingerprint density at radius 2 is 0.881 bits per heavy atom. The first-order chi connectivity index (χ1) is 32.6. The molecular formula is C53H100O14. The van der Waals surface area contributed by atoms with E-state index in [1.807, 2.05) is 0 Å². The van der Waals surface area contributed by atoms with E-state index in [9.17, 15) is 40.5 Å². The second kappa shape index (κ2) is 41.4. The van der Waals surface area contributed by atoms with Crippen molar-refractivity contribution in [1.29, 1.82) is 0 Å². The molecule has 11 unspecified atom stereocenters. The monoisotopic (exact) mass is 961 g/mol. The van der Waals surface area contributed by atoms with Gasteiger partial charge < -0.3 is 64.2 Å². The van der Waals surface area contributed by atoms with Crippen molar-refractivity contribution in [2.24, 2.45) is 0 Å². The van der Waals surface area contributed by atoms with E-state index in [1.54, 1.807) is 0 Å². The molecule has 2 aliphatic rings. The fraction of sp³-hybridized carbons (Fsp3) is 0.943. The molecule has 14 nitrogen and oxygen atoms in total. The fourth-order valence-corrected chi connectivity index (χ4v) is 8.81. The molecule has 0 aromatic carbocycles. The number of aliphatic hydroxyl groups excluding tert-OH is 7. The van der Waals surface area contributed by atoms with Crippen molar-refractivity contribution in [2.75, 3.05) is 33.0 Å². The molecule has 0 aliphatic carbocycles. The number of aliphatic hydroxyl groups is 7. The second-order valence-electron chi connectivity index (χ2n) is 19.4. The highest BCUT2D eigenvalue weighted by Crippen LogP contribution is 2.27. The average Bonchev–Trinajstić information content (AvgIpc) is 3.32. The van der Waals surface area contributed by atoms with Crippen LogP contribution < -0.4 is 0 Å². The molecule has 67 heavy (non-hydrogen) atoms. The van der Waals surface area contributed by atoms with Crippen LogP contribution in [0.1, 0.15) is 219 Å². The van der Waals surface area contributed by atoms with Crippen LogP contribution in [0.3, 0.4) is 0 Å². The zero-order valence-electron chi connectivity index (χ0n) is 42.2. The Kier molecular flexibility index (Phi) is 38.2. The lowest BCUT2D eigenvalue weighted by Crippen LogP contribution is -2.61. The van der Waals surface area contributed by atoms with Crippen LogP contribution in [0.25, 0.3) is 0 Å². The molecule has 11 atom stereocenters. The van der Waals surface area contributed by atoms with E-state index in [4.69, 9.17) is 28.4 Å². The molecule has 0 amide bonds. The van der Waals surface area contributed by atoms with Gasteiger partial charge >= 0.3 is 5.97 Å². The minimum atomic E-state index is -1.70. The number of ether oxygens (including phenoxy) is 6. The molecule has 2 saturated heterocycles. The van der Waals surface area contributed by atoms with E-state index in [-0.39, 0.29) is 25.6 Å².